The van der Waals surface area contributed by atoms with Gasteiger partial charge in [-0.3, -0.25) is 4.79 Å². The number of hydrogen-bond acceptors (Lipinski definition) is 2. The van der Waals surface area contributed by atoms with Crippen molar-refractivity contribution in [2.45, 2.75) is 19.8 Å². The molecule has 4 heteroatoms. The minimum atomic E-state index is -0.0176. The Bertz CT molecular complexity index is 487. The second-order valence-electron chi connectivity index (χ2n) is 4.74. The Morgan fingerprint density at radius 2 is 2.28 bits per heavy atom. The lowest BCUT2D eigenvalue weighted by Gasteiger charge is -2.29. The molecule has 0 aromatic heterocycles. The van der Waals surface area contributed by atoms with Crippen molar-refractivity contribution in [2.75, 3.05) is 13.1 Å². The van der Waals surface area contributed by atoms with E-state index in [1.807, 2.05) is 25.1 Å². The lowest BCUT2D eigenvalue weighted by molar-refractivity contribution is 0.0698. The van der Waals surface area contributed by atoms with Crippen LogP contribution in [0.4, 0.5) is 0 Å². The molecule has 1 aromatic rings. The van der Waals surface area contributed by atoms with Gasteiger partial charge in [0.05, 0.1) is 12.0 Å². The molecule has 1 fully saturated rings. The average molecular weight is 307 g/mol. The first-order valence-electron chi connectivity index (χ1n) is 6.06. The summed E-state index contributed by atoms with van der Waals surface area (Å²) in [5.74, 6) is 0.00954. The van der Waals surface area contributed by atoms with E-state index >= 15 is 0 Å². The highest BCUT2D eigenvalue weighted by atomic mass is 79.9. The van der Waals surface area contributed by atoms with E-state index in [-0.39, 0.29) is 11.8 Å². The van der Waals surface area contributed by atoms with Crippen LogP contribution in [0.1, 0.15) is 28.8 Å². The Balaban J connectivity index is 2.18. The second kappa shape index (κ2) is 5.53. The normalized spacial score (nSPS) is 19.4. The van der Waals surface area contributed by atoms with Gasteiger partial charge in [-0.25, -0.2) is 0 Å². The fraction of sp³-hybridized carbons (Fsp3) is 0.429. The van der Waals surface area contributed by atoms with Gasteiger partial charge in [0.15, 0.2) is 0 Å². The highest BCUT2D eigenvalue weighted by molar-refractivity contribution is 9.10. The summed E-state index contributed by atoms with van der Waals surface area (Å²) in [5.41, 5.74) is 1.75. The van der Waals surface area contributed by atoms with Crippen LogP contribution in [0.2, 0.25) is 0 Å². The zero-order valence-electron chi connectivity index (χ0n) is 10.3. The molecule has 1 aliphatic rings. The summed E-state index contributed by atoms with van der Waals surface area (Å²) in [7, 11) is 0. The van der Waals surface area contributed by atoms with Crippen molar-refractivity contribution < 1.29 is 4.79 Å². The van der Waals surface area contributed by atoms with Gasteiger partial charge in [-0.05, 0) is 43.5 Å². The maximum atomic E-state index is 12.4. The van der Waals surface area contributed by atoms with E-state index in [0.29, 0.717) is 12.1 Å². The van der Waals surface area contributed by atoms with E-state index in [4.69, 9.17) is 5.26 Å². The average Bonchev–Trinajstić information content (AvgIpc) is 2.37. The first kappa shape index (κ1) is 13.1. The Labute approximate surface area is 116 Å². The number of amides is 1. The maximum Gasteiger partial charge on any atom is 0.253 e. The number of aryl methyl sites for hydroxylation is 1. The van der Waals surface area contributed by atoms with E-state index in [0.717, 1.165) is 29.4 Å². The van der Waals surface area contributed by atoms with Gasteiger partial charge in [0, 0.05) is 23.1 Å². The molecule has 0 spiro atoms. The Morgan fingerprint density at radius 3 is 2.94 bits per heavy atom. The summed E-state index contributed by atoms with van der Waals surface area (Å²) >= 11 is 3.41. The summed E-state index contributed by atoms with van der Waals surface area (Å²) < 4.78 is 0.916. The van der Waals surface area contributed by atoms with Crippen LogP contribution in [0.5, 0.6) is 0 Å². The van der Waals surface area contributed by atoms with E-state index < -0.39 is 0 Å². The molecule has 1 atom stereocenters. The van der Waals surface area contributed by atoms with Crippen LogP contribution in [0.25, 0.3) is 0 Å². The maximum absolute atomic E-state index is 12.4. The third-order valence-electron chi connectivity index (χ3n) is 3.18. The molecule has 1 unspecified atom stereocenters. The van der Waals surface area contributed by atoms with E-state index in [1.165, 1.54) is 0 Å². The van der Waals surface area contributed by atoms with Crippen molar-refractivity contribution in [1.29, 1.82) is 5.26 Å². The van der Waals surface area contributed by atoms with E-state index in [1.54, 1.807) is 4.90 Å². The first-order valence-corrected chi connectivity index (χ1v) is 6.85. The number of nitriles is 1. The number of hydrogen-bond donors (Lipinski definition) is 0. The van der Waals surface area contributed by atoms with Gasteiger partial charge in [0.25, 0.3) is 5.91 Å². The van der Waals surface area contributed by atoms with Gasteiger partial charge >= 0.3 is 0 Å². The molecule has 0 saturated carbocycles. The molecule has 2 rings (SSSR count). The Morgan fingerprint density at radius 1 is 1.50 bits per heavy atom. The fourth-order valence-corrected chi connectivity index (χ4v) is 2.92. The molecule has 1 aliphatic heterocycles. The number of carbonyl (C=O) groups is 1. The molecule has 0 radical (unpaired) electrons. The third kappa shape index (κ3) is 2.91. The van der Waals surface area contributed by atoms with Crippen LogP contribution in [-0.4, -0.2) is 23.9 Å². The van der Waals surface area contributed by atoms with Crippen LogP contribution in [-0.2, 0) is 0 Å². The minimum Gasteiger partial charge on any atom is -0.337 e. The number of nitrogens with zero attached hydrogens (tertiary/aromatic N) is 2. The zero-order chi connectivity index (χ0) is 13.1. The number of carbonyl (C=O) groups excluding carboxylic acids is 1. The van der Waals surface area contributed by atoms with E-state index in [9.17, 15) is 4.79 Å². The van der Waals surface area contributed by atoms with Crippen molar-refractivity contribution in [3.63, 3.8) is 0 Å². The smallest absolute Gasteiger partial charge is 0.253 e. The van der Waals surface area contributed by atoms with Gasteiger partial charge in [-0.2, -0.15) is 5.26 Å². The number of benzene rings is 1. The molecule has 18 heavy (non-hydrogen) atoms. The van der Waals surface area contributed by atoms with Crippen LogP contribution in [0.3, 0.4) is 0 Å². The Hall–Kier alpha value is -1.34. The minimum absolute atomic E-state index is 0.0176. The van der Waals surface area contributed by atoms with E-state index in [2.05, 4.69) is 22.0 Å². The largest absolute Gasteiger partial charge is 0.337 e. The van der Waals surface area contributed by atoms with Crippen LogP contribution < -0.4 is 0 Å². The molecule has 1 heterocycles. The predicted molar refractivity (Wildman–Crippen MR) is 73.1 cm³/mol. The quantitative estimate of drug-likeness (QED) is 0.800. The molecule has 0 bridgehead atoms. The van der Waals surface area contributed by atoms with Crippen molar-refractivity contribution in [2.24, 2.45) is 5.92 Å². The lowest BCUT2D eigenvalue weighted by Crippen LogP contribution is -2.39. The SMILES string of the molecule is Cc1cc(Br)cc(C(=O)N2CCCC(C#N)C2)c1. The van der Waals surface area contributed by atoms with Gasteiger partial charge in [-0.15, -0.1) is 0 Å². The number of likely N-dealkylation sites (tertiary alicyclic amines) is 1. The summed E-state index contributed by atoms with van der Waals surface area (Å²) in [4.78, 5) is 14.2. The lowest BCUT2D eigenvalue weighted by atomic mass is 9.99. The molecule has 3 nitrogen and oxygen atoms in total. The highest BCUT2D eigenvalue weighted by Crippen LogP contribution is 2.21. The number of piperidine rings is 1. The number of halogens is 1. The molecule has 1 aromatic carbocycles. The Kier molecular flexibility index (Phi) is 4.03. The standard InChI is InChI=1S/C14H15BrN2O/c1-10-5-12(7-13(15)6-10)14(18)17-4-2-3-11(8-16)9-17/h5-7,11H,2-4,9H2,1H3. The monoisotopic (exact) mass is 306 g/mol. The first-order chi connectivity index (χ1) is 8.60. The third-order valence-corrected chi connectivity index (χ3v) is 3.64. The van der Waals surface area contributed by atoms with Crippen molar-refractivity contribution >= 4 is 21.8 Å². The molecule has 1 amide bonds. The fourth-order valence-electron chi connectivity index (χ4n) is 2.31. The molecular formula is C14H15BrN2O. The van der Waals surface area contributed by atoms with Crippen molar-refractivity contribution in [1.82, 2.24) is 4.90 Å². The van der Waals surface area contributed by atoms with Crippen LogP contribution in [0.15, 0.2) is 22.7 Å². The number of rotatable bonds is 1. The second-order valence-corrected chi connectivity index (χ2v) is 5.65. The van der Waals surface area contributed by atoms with Crippen molar-refractivity contribution in [3.05, 3.63) is 33.8 Å². The summed E-state index contributed by atoms with van der Waals surface area (Å²) in [5, 5.41) is 8.95. The summed E-state index contributed by atoms with van der Waals surface area (Å²) in [6.07, 6.45) is 1.81. The van der Waals surface area contributed by atoms with Crippen molar-refractivity contribution in [3.8, 4) is 6.07 Å². The predicted octanol–water partition coefficient (Wildman–Crippen LogP) is 3.13. The topological polar surface area (TPSA) is 44.1 Å². The summed E-state index contributed by atoms with van der Waals surface area (Å²) in [6.45, 7) is 3.28. The van der Waals surface area contributed by atoms with Gasteiger partial charge in [0.1, 0.15) is 0 Å². The van der Waals surface area contributed by atoms with Crippen LogP contribution >= 0.6 is 15.9 Å². The van der Waals surface area contributed by atoms with Gasteiger partial charge in [-0.1, -0.05) is 15.9 Å². The molecule has 0 N–H and O–H groups in total. The molecule has 94 valence electrons. The molecule has 0 aliphatic carbocycles. The van der Waals surface area contributed by atoms with Crippen LogP contribution in [0, 0.1) is 24.2 Å². The molecular weight excluding hydrogens is 292 g/mol. The highest BCUT2D eigenvalue weighted by Gasteiger charge is 2.24. The summed E-state index contributed by atoms with van der Waals surface area (Å²) in [6, 6.07) is 7.97. The molecule has 1 saturated heterocycles. The zero-order valence-corrected chi connectivity index (χ0v) is 11.9. The van der Waals surface area contributed by atoms with Gasteiger partial charge in [0.2, 0.25) is 0 Å². The van der Waals surface area contributed by atoms with Gasteiger partial charge < -0.3 is 4.90 Å².